The number of nitrogens with zero attached hydrogens (tertiary/aromatic N) is 1. The van der Waals surface area contributed by atoms with Gasteiger partial charge in [-0.25, -0.2) is 0 Å². The maximum atomic E-state index is 11.0. The second-order valence-electron chi connectivity index (χ2n) is 2.96. The van der Waals surface area contributed by atoms with Crippen LogP contribution in [0.2, 0.25) is 0 Å². The van der Waals surface area contributed by atoms with Crippen LogP contribution < -0.4 is 5.56 Å². The zero-order chi connectivity index (χ0) is 10.8. The quantitative estimate of drug-likeness (QED) is 0.817. The number of halogens is 1. The van der Waals surface area contributed by atoms with Crippen molar-refractivity contribution in [2.24, 2.45) is 0 Å². The lowest BCUT2D eigenvalue weighted by Gasteiger charge is -2.05. The fraction of sp³-hybridized carbons (Fsp3) is 0. The molecule has 1 heterocycles. The highest BCUT2D eigenvalue weighted by Crippen LogP contribution is 2.14. The smallest absolute Gasteiger partial charge is 0.251 e. The van der Waals surface area contributed by atoms with E-state index in [-0.39, 0.29) is 5.56 Å². The molecule has 1 aromatic heterocycles. The molecule has 0 aliphatic rings. The second-order valence-corrected chi connectivity index (χ2v) is 4.26. The molecule has 0 saturated carbocycles. The summed E-state index contributed by atoms with van der Waals surface area (Å²) in [4.78, 5) is 13.6. The van der Waals surface area contributed by atoms with Crippen LogP contribution in [0, 0.1) is 4.77 Å². The van der Waals surface area contributed by atoms with Gasteiger partial charge in [-0.15, -0.1) is 0 Å². The first kappa shape index (κ1) is 10.3. The van der Waals surface area contributed by atoms with Crippen LogP contribution in [-0.4, -0.2) is 9.55 Å². The Hall–Kier alpha value is -1.20. The topological polar surface area (TPSA) is 37.8 Å². The summed E-state index contributed by atoms with van der Waals surface area (Å²) < 4.78 is 3.09. The summed E-state index contributed by atoms with van der Waals surface area (Å²) in [6.07, 6.45) is 1.66. The maximum absolute atomic E-state index is 11.0. The molecule has 2 aromatic rings. The third-order valence-corrected chi connectivity index (χ3v) is 2.70. The molecule has 0 unspecified atom stereocenters. The van der Waals surface area contributed by atoms with Crippen LogP contribution in [0.5, 0.6) is 0 Å². The van der Waals surface area contributed by atoms with Crippen molar-refractivity contribution in [1.82, 2.24) is 9.55 Å². The Morgan fingerprint density at radius 2 is 2.13 bits per heavy atom. The van der Waals surface area contributed by atoms with Crippen molar-refractivity contribution >= 4 is 28.1 Å². The minimum absolute atomic E-state index is 0.189. The van der Waals surface area contributed by atoms with Crippen molar-refractivity contribution in [3.8, 4) is 5.69 Å². The molecule has 0 amide bonds. The number of nitrogens with one attached hydrogen (secondary N) is 1. The van der Waals surface area contributed by atoms with Gasteiger partial charge in [0.15, 0.2) is 4.77 Å². The molecule has 1 aromatic carbocycles. The van der Waals surface area contributed by atoms with Crippen LogP contribution in [0.3, 0.4) is 0 Å². The van der Waals surface area contributed by atoms with Crippen molar-refractivity contribution < 1.29 is 0 Å². The summed E-state index contributed by atoms with van der Waals surface area (Å²) in [5.41, 5.74) is 0.719. The Balaban J connectivity index is 2.64. The molecule has 1 N–H and O–H groups in total. The SMILES string of the molecule is O=c1ccn(-c2cccc(Br)c2)c(=S)[nH]1. The van der Waals surface area contributed by atoms with Crippen LogP contribution in [-0.2, 0) is 0 Å². The van der Waals surface area contributed by atoms with Crippen molar-refractivity contribution in [3.63, 3.8) is 0 Å². The third-order valence-electron chi connectivity index (χ3n) is 1.91. The fourth-order valence-corrected chi connectivity index (χ4v) is 1.90. The lowest BCUT2D eigenvalue weighted by molar-refractivity contribution is 0.937. The Labute approximate surface area is 99.5 Å². The van der Waals surface area contributed by atoms with E-state index >= 15 is 0 Å². The largest absolute Gasteiger partial charge is 0.299 e. The van der Waals surface area contributed by atoms with Gasteiger partial charge in [0.2, 0.25) is 0 Å². The van der Waals surface area contributed by atoms with Gasteiger partial charge in [-0.2, -0.15) is 0 Å². The van der Waals surface area contributed by atoms with E-state index in [0.717, 1.165) is 10.2 Å². The molecule has 2 rings (SSSR count). The minimum Gasteiger partial charge on any atom is -0.299 e. The zero-order valence-electron chi connectivity index (χ0n) is 7.61. The standard InChI is InChI=1S/C10H7BrN2OS/c11-7-2-1-3-8(6-7)13-5-4-9(14)12-10(13)15/h1-6H,(H,12,14,15). The number of aromatic amines is 1. The van der Waals surface area contributed by atoms with Crippen LogP contribution in [0.1, 0.15) is 0 Å². The first-order valence-corrected chi connectivity index (χ1v) is 5.45. The molecule has 76 valence electrons. The maximum Gasteiger partial charge on any atom is 0.251 e. The van der Waals surface area contributed by atoms with Gasteiger partial charge in [-0.05, 0) is 30.4 Å². The molecule has 0 radical (unpaired) electrons. The van der Waals surface area contributed by atoms with Gasteiger partial charge in [0.1, 0.15) is 0 Å². The zero-order valence-corrected chi connectivity index (χ0v) is 10.0. The van der Waals surface area contributed by atoms with Crippen LogP contribution in [0.4, 0.5) is 0 Å². The van der Waals surface area contributed by atoms with E-state index in [1.807, 2.05) is 24.3 Å². The predicted octanol–water partition coefficient (Wildman–Crippen LogP) is 2.66. The van der Waals surface area contributed by atoms with E-state index in [9.17, 15) is 4.79 Å². The highest BCUT2D eigenvalue weighted by Gasteiger charge is 1.97. The molecular weight excluding hydrogens is 276 g/mol. The van der Waals surface area contributed by atoms with Crippen molar-refractivity contribution in [2.45, 2.75) is 0 Å². The normalized spacial score (nSPS) is 10.2. The van der Waals surface area contributed by atoms with Crippen LogP contribution in [0.25, 0.3) is 5.69 Å². The first-order chi connectivity index (χ1) is 7.16. The lowest BCUT2D eigenvalue weighted by Crippen LogP contribution is -2.09. The summed E-state index contributed by atoms with van der Waals surface area (Å²) in [5, 5.41) is 0. The summed E-state index contributed by atoms with van der Waals surface area (Å²) in [7, 11) is 0. The number of benzene rings is 1. The van der Waals surface area contributed by atoms with Crippen LogP contribution in [0.15, 0.2) is 45.8 Å². The summed E-state index contributed by atoms with van der Waals surface area (Å²) in [6, 6.07) is 9.12. The summed E-state index contributed by atoms with van der Waals surface area (Å²) >= 11 is 8.44. The van der Waals surface area contributed by atoms with E-state index < -0.39 is 0 Å². The van der Waals surface area contributed by atoms with E-state index in [2.05, 4.69) is 20.9 Å². The number of hydrogen-bond acceptors (Lipinski definition) is 2. The monoisotopic (exact) mass is 282 g/mol. The Kier molecular flexibility index (Phi) is 2.83. The number of H-pyrrole nitrogens is 1. The molecule has 0 bridgehead atoms. The van der Waals surface area contributed by atoms with Gasteiger partial charge in [0, 0.05) is 22.4 Å². The van der Waals surface area contributed by atoms with Crippen molar-refractivity contribution in [1.29, 1.82) is 0 Å². The molecule has 0 fully saturated rings. The van der Waals surface area contributed by atoms with Gasteiger partial charge in [0.05, 0.1) is 0 Å². The summed E-state index contributed by atoms with van der Waals surface area (Å²) in [6.45, 7) is 0. The molecule has 3 nitrogen and oxygen atoms in total. The Morgan fingerprint density at radius 3 is 2.80 bits per heavy atom. The Bertz CT molecular complexity index is 603. The van der Waals surface area contributed by atoms with Crippen LogP contribution >= 0.6 is 28.1 Å². The van der Waals surface area contributed by atoms with Crippen molar-refractivity contribution in [3.05, 3.63) is 56.1 Å². The molecule has 0 atom stereocenters. The number of hydrogen-bond donors (Lipinski definition) is 1. The van der Waals surface area contributed by atoms with E-state index in [0.29, 0.717) is 4.77 Å². The highest BCUT2D eigenvalue weighted by molar-refractivity contribution is 9.10. The molecule has 0 saturated heterocycles. The molecule has 5 heteroatoms. The number of aromatic nitrogens is 2. The van der Waals surface area contributed by atoms with Gasteiger partial charge < -0.3 is 0 Å². The van der Waals surface area contributed by atoms with Gasteiger partial charge in [0.25, 0.3) is 5.56 Å². The van der Waals surface area contributed by atoms with E-state index in [1.54, 1.807) is 10.8 Å². The molecule has 0 aliphatic carbocycles. The second kappa shape index (κ2) is 4.12. The van der Waals surface area contributed by atoms with E-state index in [1.165, 1.54) is 6.07 Å². The minimum atomic E-state index is -0.189. The molecule has 0 aliphatic heterocycles. The van der Waals surface area contributed by atoms with E-state index in [4.69, 9.17) is 12.2 Å². The fourth-order valence-electron chi connectivity index (χ4n) is 1.25. The molecule has 0 spiro atoms. The van der Waals surface area contributed by atoms with Gasteiger partial charge in [-0.3, -0.25) is 14.3 Å². The molecule has 15 heavy (non-hydrogen) atoms. The Morgan fingerprint density at radius 1 is 1.33 bits per heavy atom. The third kappa shape index (κ3) is 2.24. The summed E-state index contributed by atoms with van der Waals surface area (Å²) in [5.74, 6) is 0. The van der Waals surface area contributed by atoms with Gasteiger partial charge in [-0.1, -0.05) is 22.0 Å². The molecular formula is C10H7BrN2OS. The van der Waals surface area contributed by atoms with Gasteiger partial charge >= 0.3 is 0 Å². The number of rotatable bonds is 1. The lowest BCUT2D eigenvalue weighted by atomic mass is 10.3. The highest BCUT2D eigenvalue weighted by atomic mass is 79.9. The average molecular weight is 283 g/mol. The first-order valence-electron chi connectivity index (χ1n) is 4.25. The van der Waals surface area contributed by atoms with Crippen molar-refractivity contribution in [2.75, 3.05) is 0 Å². The average Bonchev–Trinajstić information content (AvgIpc) is 2.17. The predicted molar refractivity (Wildman–Crippen MR) is 64.9 cm³/mol.